The van der Waals surface area contributed by atoms with Crippen molar-refractivity contribution >= 4 is 34.2 Å². The van der Waals surface area contributed by atoms with E-state index in [0.717, 1.165) is 10.9 Å². The quantitative estimate of drug-likeness (QED) is 0.540. The Morgan fingerprint density at radius 1 is 0.955 bits per heavy atom. The van der Waals surface area contributed by atoms with Crippen molar-refractivity contribution in [2.75, 3.05) is 0 Å². The van der Waals surface area contributed by atoms with Gasteiger partial charge in [-0.1, -0.05) is 60.1 Å². The maximum Gasteiger partial charge on any atom is 0.189 e. The first-order valence-electron chi connectivity index (χ1n) is 6.84. The van der Waals surface area contributed by atoms with Gasteiger partial charge in [0.15, 0.2) is 5.78 Å². The standard InChI is InChI=1S/C19H13ClO2/c20-17-8-4-2-6-14(17)10-12-18(21)16-11-9-13-5-1-3-7-15(13)19(16)22/h1-12,22H/b12-10+. The molecule has 0 bridgehead atoms. The SMILES string of the molecule is O=C(/C=C/c1ccccc1Cl)c1ccc2ccccc2c1O. The molecule has 22 heavy (non-hydrogen) atoms. The van der Waals surface area contributed by atoms with Crippen molar-refractivity contribution in [1.82, 2.24) is 0 Å². The number of phenols is 1. The molecule has 3 aromatic carbocycles. The lowest BCUT2D eigenvalue weighted by Crippen LogP contribution is -1.95. The van der Waals surface area contributed by atoms with Crippen molar-refractivity contribution in [3.05, 3.63) is 82.9 Å². The van der Waals surface area contributed by atoms with Crippen LogP contribution >= 0.6 is 11.6 Å². The molecule has 0 heterocycles. The van der Waals surface area contributed by atoms with Gasteiger partial charge in [0.1, 0.15) is 5.75 Å². The summed E-state index contributed by atoms with van der Waals surface area (Å²) in [6, 6.07) is 18.1. The topological polar surface area (TPSA) is 37.3 Å². The molecule has 2 nitrogen and oxygen atoms in total. The summed E-state index contributed by atoms with van der Waals surface area (Å²) in [6.07, 6.45) is 3.07. The van der Waals surface area contributed by atoms with E-state index in [1.165, 1.54) is 6.08 Å². The lowest BCUT2D eigenvalue weighted by molar-refractivity contribution is 0.104. The molecule has 0 aliphatic rings. The monoisotopic (exact) mass is 308 g/mol. The van der Waals surface area contributed by atoms with Gasteiger partial charge in [-0.25, -0.2) is 0 Å². The molecule has 0 aliphatic carbocycles. The predicted molar refractivity (Wildman–Crippen MR) is 90.4 cm³/mol. The highest BCUT2D eigenvalue weighted by molar-refractivity contribution is 6.32. The Hall–Kier alpha value is -2.58. The van der Waals surface area contributed by atoms with Gasteiger partial charge >= 0.3 is 0 Å². The summed E-state index contributed by atoms with van der Waals surface area (Å²) in [7, 11) is 0. The lowest BCUT2D eigenvalue weighted by atomic mass is 10.0. The van der Waals surface area contributed by atoms with E-state index in [1.807, 2.05) is 42.5 Å². The zero-order valence-electron chi connectivity index (χ0n) is 11.7. The number of fused-ring (bicyclic) bond motifs is 1. The molecule has 108 valence electrons. The van der Waals surface area contributed by atoms with Crippen LogP contribution in [-0.2, 0) is 0 Å². The van der Waals surface area contributed by atoms with Crippen LogP contribution in [0.5, 0.6) is 5.75 Å². The van der Waals surface area contributed by atoms with Crippen molar-refractivity contribution in [3.63, 3.8) is 0 Å². The van der Waals surface area contributed by atoms with Crippen molar-refractivity contribution in [2.24, 2.45) is 0 Å². The molecule has 0 saturated heterocycles. The summed E-state index contributed by atoms with van der Waals surface area (Å²) in [5.41, 5.74) is 1.04. The third kappa shape index (κ3) is 2.74. The molecule has 3 rings (SSSR count). The third-order valence-electron chi connectivity index (χ3n) is 3.49. The molecule has 0 radical (unpaired) electrons. The summed E-state index contributed by atoms with van der Waals surface area (Å²) in [5, 5.41) is 12.4. The molecule has 3 aromatic rings. The van der Waals surface area contributed by atoms with Crippen LogP contribution in [0.1, 0.15) is 15.9 Å². The lowest BCUT2D eigenvalue weighted by Gasteiger charge is -2.05. The smallest absolute Gasteiger partial charge is 0.189 e. The first-order valence-corrected chi connectivity index (χ1v) is 7.22. The second-order valence-electron chi connectivity index (χ2n) is 4.90. The summed E-state index contributed by atoms with van der Waals surface area (Å²) in [5.74, 6) is -0.255. The fourth-order valence-electron chi connectivity index (χ4n) is 2.32. The van der Waals surface area contributed by atoms with Crippen LogP contribution in [0, 0.1) is 0 Å². The van der Waals surface area contributed by atoms with Crippen molar-refractivity contribution in [3.8, 4) is 5.75 Å². The average molecular weight is 309 g/mol. The Labute approximate surface area is 133 Å². The van der Waals surface area contributed by atoms with Gasteiger partial charge in [0.2, 0.25) is 0 Å². The van der Waals surface area contributed by atoms with Gasteiger partial charge < -0.3 is 5.11 Å². The van der Waals surface area contributed by atoms with Gasteiger partial charge in [0.25, 0.3) is 0 Å². The number of carbonyl (C=O) groups is 1. The first-order chi connectivity index (χ1) is 10.7. The maximum atomic E-state index is 12.3. The van der Waals surface area contributed by atoms with Gasteiger partial charge in [-0.05, 0) is 35.2 Å². The highest BCUT2D eigenvalue weighted by Gasteiger charge is 2.11. The Balaban J connectivity index is 1.96. The fraction of sp³-hybridized carbons (Fsp3) is 0. The minimum absolute atomic E-state index is 0.00640. The number of ketones is 1. The zero-order chi connectivity index (χ0) is 15.5. The number of benzene rings is 3. The van der Waals surface area contributed by atoms with Crippen LogP contribution in [0.4, 0.5) is 0 Å². The van der Waals surface area contributed by atoms with E-state index in [1.54, 1.807) is 24.3 Å². The van der Waals surface area contributed by atoms with Crippen molar-refractivity contribution in [2.45, 2.75) is 0 Å². The van der Waals surface area contributed by atoms with Crippen LogP contribution in [-0.4, -0.2) is 10.9 Å². The van der Waals surface area contributed by atoms with Gasteiger partial charge in [0, 0.05) is 10.4 Å². The molecule has 0 unspecified atom stereocenters. The molecule has 0 spiro atoms. The van der Waals surface area contributed by atoms with Crippen LogP contribution < -0.4 is 0 Å². The van der Waals surface area contributed by atoms with E-state index in [-0.39, 0.29) is 17.1 Å². The van der Waals surface area contributed by atoms with E-state index in [0.29, 0.717) is 10.4 Å². The summed E-state index contributed by atoms with van der Waals surface area (Å²) in [6.45, 7) is 0. The Kier molecular flexibility index (Phi) is 3.94. The van der Waals surface area contributed by atoms with Crippen LogP contribution in [0.3, 0.4) is 0 Å². The molecular weight excluding hydrogens is 296 g/mol. The minimum Gasteiger partial charge on any atom is -0.507 e. The normalized spacial score (nSPS) is 11.1. The fourth-order valence-corrected chi connectivity index (χ4v) is 2.52. The minimum atomic E-state index is -0.261. The van der Waals surface area contributed by atoms with E-state index in [2.05, 4.69) is 0 Å². The molecule has 0 fully saturated rings. The number of carbonyl (C=O) groups excluding carboxylic acids is 1. The Morgan fingerprint density at radius 2 is 1.68 bits per heavy atom. The van der Waals surface area contributed by atoms with Crippen molar-refractivity contribution in [1.29, 1.82) is 0 Å². The summed E-state index contributed by atoms with van der Waals surface area (Å²) >= 11 is 6.05. The van der Waals surface area contributed by atoms with Gasteiger partial charge in [-0.15, -0.1) is 0 Å². The number of hydrogen-bond donors (Lipinski definition) is 1. The molecule has 0 saturated carbocycles. The summed E-state index contributed by atoms with van der Waals surface area (Å²) < 4.78 is 0. The first kappa shape index (κ1) is 14.4. The molecule has 0 amide bonds. The summed E-state index contributed by atoms with van der Waals surface area (Å²) in [4.78, 5) is 12.3. The zero-order valence-corrected chi connectivity index (χ0v) is 12.4. The molecular formula is C19H13ClO2. The second kappa shape index (κ2) is 6.04. The number of halogens is 1. The van der Waals surface area contributed by atoms with Crippen LogP contribution in [0.25, 0.3) is 16.8 Å². The van der Waals surface area contributed by atoms with Crippen molar-refractivity contribution < 1.29 is 9.90 Å². The number of aromatic hydroxyl groups is 1. The van der Waals surface area contributed by atoms with Gasteiger partial charge in [0.05, 0.1) is 5.56 Å². The average Bonchev–Trinajstić information content (AvgIpc) is 2.54. The maximum absolute atomic E-state index is 12.3. The van der Waals surface area contributed by atoms with Gasteiger partial charge in [-0.3, -0.25) is 4.79 Å². The highest BCUT2D eigenvalue weighted by atomic mass is 35.5. The number of phenolic OH excluding ortho intramolecular Hbond substituents is 1. The molecule has 0 aliphatic heterocycles. The number of rotatable bonds is 3. The number of allylic oxidation sites excluding steroid dienone is 1. The Bertz CT molecular complexity index is 881. The van der Waals surface area contributed by atoms with Crippen LogP contribution in [0.15, 0.2) is 66.7 Å². The van der Waals surface area contributed by atoms with E-state index in [9.17, 15) is 9.90 Å². The van der Waals surface area contributed by atoms with Gasteiger partial charge in [-0.2, -0.15) is 0 Å². The van der Waals surface area contributed by atoms with E-state index in [4.69, 9.17) is 11.6 Å². The molecule has 0 aromatic heterocycles. The second-order valence-corrected chi connectivity index (χ2v) is 5.31. The molecule has 3 heteroatoms. The molecule has 0 atom stereocenters. The third-order valence-corrected chi connectivity index (χ3v) is 3.83. The highest BCUT2D eigenvalue weighted by Crippen LogP contribution is 2.29. The predicted octanol–water partition coefficient (Wildman–Crippen LogP) is 5.09. The molecule has 1 N–H and O–H groups in total. The van der Waals surface area contributed by atoms with E-state index >= 15 is 0 Å². The Morgan fingerprint density at radius 3 is 2.50 bits per heavy atom. The van der Waals surface area contributed by atoms with Crippen LogP contribution in [0.2, 0.25) is 5.02 Å². The number of hydrogen-bond acceptors (Lipinski definition) is 2. The largest absolute Gasteiger partial charge is 0.507 e. The van der Waals surface area contributed by atoms with E-state index < -0.39 is 0 Å².